The van der Waals surface area contributed by atoms with Crippen LogP contribution in [0, 0.1) is 0 Å². The standard InChI is InChI=1S/C22H32N2O3/c25-20-18-21(26)24(22(27)23-20)17-13-8-6-4-2-1-3-5-7-10-14-19-15-11-9-12-16-19/h9,11-12,15-16,18,26H,1-8,10,13-14,17H2,(H,23,25,27). The summed E-state index contributed by atoms with van der Waals surface area (Å²) >= 11 is 0. The largest absolute Gasteiger partial charge is 0.494 e. The van der Waals surface area contributed by atoms with Gasteiger partial charge in [0.1, 0.15) is 0 Å². The molecule has 2 aromatic rings. The molecule has 27 heavy (non-hydrogen) atoms. The van der Waals surface area contributed by atoms with Crippen LogP contribution in [0.15, 0.2) is 46.0 Å². The first-order chi connectivity index (χ1) is 13.2. The molecule has 0 radical (unpaired) electrons. The van der Waals surface area contributed by atoms with E-state index in [2.05, 4.69) is 35.3 Å². The quantitative estimate of drug-likeness (QED) is 0.512. The van der Waals surface area contributed by atoms with Crippen molar-refractivity contribution < 1.29 is 5.11 Å². The number of aromatic nitrogens is 2. The molecule has 1 aromatic carbocycles. The van der Waals surface area contributed by atoms with E-state index in [9.17, 15) is 14.7 Å². The van der Waals surface area contributed by atoms with Crippen molar-refractivity contribution in [3.8, 4) is 5.88 Å². The Morgan fingerprint density at radius 2 is 1.33 bits per heavy atom. The molecule has 0 aliphatic carbocycles. The fraction of sp³-hybridized carbons (Fsp3) is 0.545. The summed E-state index contributed by atoms with van der Waals surface area (Å²) in [6.07, 6.45) is 13.2. The maximum atomic E-state index is 11.6. The smallest absolute Gasteiger partial charge is 0.331 e. The van der Waals surface area contributed by atoms with Gasteiger partial charge < -0.3 is 5.11 Å². The first-order valence-electron chi connectivity index (χ1n) is 10.2. The van der Waals surface area contributed by atoms with Crippen LogP contribution in [0.4, 0.5) is 0 Å². The first-order valence-corrected chi connectivity index (χ1v) is 10.2. The van der Waals surface area contributed by atoms with Crippen molar-refractivity contribution in [3.05, 3.63) is 62.8 Å². The van der Waals surface area contributed by atoms with Crippen LogP contribution in [-0.4, -0.2) is 14.7 Å². The fourth-order valence-electron chi connectivity index (χ4n) is 3.38. The second-order valence-electron chi connectivity index (χ2n) is 7.22. The molecule has 0 saturated carbocycles. The highest BCUT2D eigenvalue weighted by atomic mass is 16.3. The molecular formula is C22H32N2O3. The maximum Gasteiger partial charge on any atom is 0.331 e. The number of H-pyrrole nitrogens is 1. The van der Waals surface area contributed by atoms with E-state index in [1.165, 1.54) is 61.5 Å². The Hall–Kier alpha value is -2.30. The number of benzene rings is 1. The molecule has 0 atom stereocenters. The minimum atomic E-state index is -0.561. The van der Waals surface area contributed by atoms with E-state index in [1.807, 2.05) is 0 Å². The van der Waals surface area contributed by atoms with Crippen molar-refractivity contribution in [2.24, 2.45) is 0 Å². The molecule has 0 bridgehead atoms. The Morgan fingerprint density at radius 3 is 1.93 bits per heavy atom. The number of aryl methyl sites for hydroxylation is 1. The summed E-state index contributed by atoms with van der Waals surface area (Å²) in [4.78, 5) is 24.8. The fourth-order valence-corrected chi connectivity index (χ4v) is 3.38. The molecule has 0 aliphatic heterocycles. The number of rotatable bonds is 13. The van der Waals surface area contributed by atoms with Gasteiger partial charge in [0, 0.05) is 6.54 Å². The van der Waals surface area contributed by atoms with Gasteiger partial charge in [-0.1, -0.05) is 81.7 Å². The monoisotopic (exact) mass is 372 g/mol. The van der Waals surface area contributed by atoms with Crippen molar-refractivity contribution in [3.63, 3.8) is 0 Å². The summed E-state index contributed by atoms with van der Waals surface area (Å²) in [7, 11) is 0. The molecular weight excluding hydrogens is 340 g/mol. The van der Waals surface area contributed by atoms with Crippen LogP contribution in [0.25, 0.3) is 0 Å². The highest BCUT2D eigenvalue weighted by molar-refractivity contribution is 5.14. The zero-order valence-corrected chi connectivity index (χ0v) is 16.2. The summed E-state index contributed by atoms with van der Waals surface area (Å²) in [5.41, 5.74) is 0.344. The van der Waals surface area contributed by atoms with Crippen LogP contribution in [0.2, 0.25) is 0 Å². The summed E-state index contributed by atoms with van der Waals surface area (Å²) in [6.45, 7) is 0.447. The molecule has 1 heterocycles. The lowest BCUT2D eigenvalue weighted by molar-refractivity contribution is 0.392. The highest BCUT2D eigenvalue weighted by Gasteiger charge is 2.03. The zero-order chi connectivity index (χ0) is 19.3. The van der Waals surface area contributed by atoms with Crippen molar-refractivity contribution in [1.82, 2.24) is 9.55 Å². The maximum absolute atomic E-state index is 11.6. The van der Waals surface area contributed by atoms with E-state index in [4.69, 9.17) is 0 Å². The molecule has 0 aliphatic rings. The average Bonchev–Trinajstić information content (AvgIpc) is 2.65. The lowest BCUT2D eigenvalue weighted by Gasteiger charge is -2.07. The molecule has 0 saturated heterocycles. The van der Waals surface area contributed by atoms with E-state index >= 15 is 0 Å². The zero-order valence-electron chi connectivity index (χ0n) is 16.2. The Bertz CT molecular complexity index is 765. The van der Waals surface area contributed by atoms with Crippen LogP contribution in [0.5, 0.6) is 5.88 Å². The Kier molecular flexibility index (Phi) is 9.45. The van der Waals surface area contributed by atoms with E-state index in [-0.39, 0.29) is 5.88 Å². The summed E-state index contributed by atoms with van der Waals surface area (Å²) in [5, 5.41) is 9.64. The van der Waals surface area contributed by atoms with E-state index in [0.717, 1.165) is 25.3 Å². The molecule has 2 N–H and O–H groups in total. The predicted molar refractivity (Wildman–Crippen MR) is 109 cm³/mol. The first kappa shape index (κ1) is 21.0. The average molecular weight is 373 g/mol. The van der Waals surface area contributed by atoms with Crippen LogP contribution in [0.1, 0.15) is 69.8 Å². The SMILES string of the molecule is O=c1cc(O)n(CCCCCCCCCCCCc2ccccc2)c(=O)[nH]1. The Morgan fingerprint density at radius 1 is 0.778 bits per heavy atom. The number of aromatic hydroxyl groups is 1. The van der Waals surface area contributed by atoms with Crippen LogP contribution >= 0.6 is 0 Å². The third kappa shape index (κ3) is 8.29. The van der Waals surface area contributed by atoms with Gasteiger partial charge in [-0.15, -0.1) is 0 Å². The Labute approximate surface area is 161 Å². The number of hydrogen-bond donors (Lipinski definition) is 2. The topological polar surface area (TPSA) is 75.1 Å². The van der Waals surface area contributed by atoms with Gasteiger partial charge in [0.05, 0.1) is 6.07 Å². The van der Waals surface area contributed by atoms with Gasteiger partial charge in [-0.05, 0) is 24.8 Å². The normalized spacial score (nSPS) is 11.0. The molecule has 0 unspecified atom stereocenters. The minimum Gasteiger partial charge on any atom is -0.494 e. The summed E-state index contributed by atoms with van der Waals surface area (Å²) in [6, 6.07) is 11.7. The number of aromatic amines is 1. The van der Waals surface area contributed by atoms with Gasteiger partial charge in [0.2, 0.25) is 5.88 Å². The van der Waals surface area contributed by atoms with Crippen LogP contribution < -0.4 is 11.2 Å². The van der Waals surface area contributed by atoms with Gasteiger partial charge in [-0.2, -0.15) is 0 Å². The molecule has 0 spiro atoms. The van der Waals surface area contributed by atoms with Crippen molar-refractivity contribution in [1.29, 1.82) is 0 Å². The number of nitrogens with zero attached hydrogens (tertiary/aromatic N) is 1. The van der Waals surface area contributed by atoms with E-state index in [1.54, 1.807) is 0 Å². The second kappa shape index (κ2) is 12.2. The third-order valence-electron chi connectivity index (χ3n) is 4.95. The molecule has 5 heteroatoms. The van der Waals surface area contributed by atoms with Crippen molar-refractivity contribution in [2.45, 2.75) is 77.2 Å². The summed E-state index contributed by atoms with van der Waals surface area (Å²) < 4.78 is 1.22. The molecule has 5 nitrogen and oxygen atoms in total. The second-order valence-corrected chi connectivity index (χ2v) is 7.22. The predicted octanol–water partition coefficient (Wildman–Crippen LogP) is 4.39. The number of unbranched alkanes of at least 4 members (excludes halogenated alkanes) is 9. The lowest BCUT2D eigenvalue weighted by Crippen LogP contribution is -2.29. The van der Waals surface area contributed by atoms with Gasteiger partial charge in [0.15, 0.2) is 0 Å². The molecule has 0 fully saturated rings. The van der Waals surface area contributed by atoms with Gasteiger partial charge in [0.25, 0.3) is 5.56 Å². The lowest BCUT2D eigenvalue weighted by atomic mass is 10.0. The summed E-state index contributed by atoms with van der Waals surface area (Å²) in [5.74, 6) is -0.254. The van der Waals surface area contributed by atoms with Crippen molar-refractivity contribution >= 4 is 0 Å². The van der Waals surface area contributed by atoms with Gasteiger partial charge >= 0.3 is 5.69 Å². The molecule has 2 rings (SSSR count). The van der Waals surface area contributed by atoms with E-state index < -0.39 is 11.2 Å². The van der Waals surface area contributed by atoms with Crippen LogP contribution in [-0.2, 0) is 13.0 Å². The molecule has 0 amide bonds. The highest BCUT2D eigenvalue weighted by Crippen LogP contribution is 2.13. The molecule has 1 aromatic heterocycles. The minimum absolute atomic E-state index is 0.254. The molecule has 148 valence electrons. The third-order valence-corrected chi connectivity index (χ3v) is 4.95. The van der Waals surface area contributed by atoms with Gasteiger partial charge in [-0.3, -0.25) is 14.3 Å². The van der Waals surface area contributed by atoms with Crippen molar-refractivity contribution in [2.75, 3.05) is 0 Å². The van der Waals surface area contributed by atoms with Gasteiger partial charge in [-0.25, -0.2) is 4.79 Å². The van der Waals surface area contributed by atoms with E-state index in [0.29, 0.717) is 6.54 Å². The Balaban J connectivity index is 1.42. The number of nitrogens with one attached hydrogen (secondary N) is 1. The number of hydrogen-bond acceptors (Lipinski definition) is 3. The van der Waals surface area contributed by atoms with Crippen LogP contribution in [0.3, 0.4) is 0 Å².